The molecule has 1 saturated heterocycles. The molecule has 22 heavy (non-hydrogen) atoms. The Morgan fingerprint density at radius 3 is 2.95 bits per heavy atom. The summed E-state index contributed by atoms with van der Waals surface area (Å²) in [5.74, 6) is 1.24. The van der Waals surface area contributed by atoms with Gasteiger partial charge in [-0.3, -0.25) is 14.3 Å². The number of likely N-dealkylation sites (tertiary alicyclic amines) is 1. The molecule has 2 amide bonds. The van der Waals surface area contributed by atoms with Crippen LogP contribution in [0.2, 0.25) is 0 Å². The zero-order valence-electron chi connectivity index (χ0n) is 12.9. The molecular weight excluding hydrogens is 280 g/mol. The molecule has 0 spiro atoms. The molecule has 6 heteroatoms. The second kappa shape index (κ2) is 5.11. The first-order valence-electron chi connectivity index (χ1n) is 8.22. The molecule has 1 aliphatic carbocycles. The summed E-state index contributed by atoms with van der Waals surface area (Å²) in [6.45, 7) is 4.95. The highest BCUT2D eigenvalue weighted by Crippen LogP contribution is 2.40. The van der Waals surface area contributed by atoms with E-state index in [-0.39, 0.29) is 23.8 Å². The van der Waals surface area contributed by atoms with Gasteiger partial charge in [0.1, 0.15) is 0 Å². The molecule has 1 aromatic heterocycles. The van der Waals surface area contributed by atoms with Crippen molar-refractivity contribution in [3.8, 4) is 0 Å². The van der Waals surface area contributed by atoms with Crippen molar-refractivity contribution < 1.29 is 9.59 Å². The minimum Gasteiger partial charge on any atom is -0.340 e. The Kier molecular flexibility index (Phi) is 3.20. The molecule has 2 aliphatic heterocycles. The van der Waals surface area contributed by atoms with Crippen molar-refractivity contribution >= 4 is 11.8 Å². The second-order valence-corrected chi connectivity index (χ2v) is 6.90. The molecule has 0 aromatic carbocycles. The van der Waals surface area contributed by atoms with E-state index in [0.717, 1.165) is 25.1 Å². The Bertz CT molecular complexity index is 611. The summed E-state index contributed by atoms with van der Waals surface area (Å²) in [6, 6.07) is 2.06. The molecule has 118 valence electrons. The molecular formula is C16H22N4O2. The van der Waals surface area contributed by atoms with Crippen LogP contribution in [-0.4, -0.2) is 51.0 Å². The highest BCUT2D eigenvalue weighted by Gasteiger charge is 2.43. The first kappa shape index (κ1) is 13.8. The Morgan fingerprint density at radius 2 is 2.27 bits per heavy atom. The van der Waals surface area contributed by atoms with Crippen LogP contribution in [0.15, 0.2) is 12.3 Å². The number of amides is 2. The molecule has 0 N–H and O–H groups in total. The third kappa shape index (κ3) is 2.30. The van der Waals surface area contributed by atoms with E-state index in [4.69, 9.17) is 0 Å². The number of hydrogen-bond donors (Lipinski definition) is 0. The fourth-order valence-corrected chi connectivity index (χ4v) is 3.74. The summed E-state index contributed by atoms with van der Waals surface area (Å²) in [7, 11) is 0. The monoisotopic (exact) mass is 302 g/mol. The van der Waals surface area contributed by atoms with Gasteiger partial charge in [-0.15, -0.1) is 0 Å². The van der Waals surface area contributed by atoms with Crippen molar-refractivity contribution in [2.45, 2.75) is 38.8 Å². The number of fused-ring (bicyclic) bond motifs is 1. The minimum atomic E-state index is 0.0822. The van der Waals surface area contributed by atoms with Crippen molar-refractivity contribution in [2.75, 3.05) is 19.6 Å². The van der Waals surface area contributed by atoms with Gasteiger partial charge in [0, 0.05) is 38.2 Å². The molecule has 3 heterocycles. The van der Waals surface area contributed by atoms with E-state index in [1.165, 1.54) is 0 Å². The lowest BCUT2D eigenvalue weighted by molar-refractivity contribution is -0.135. The zero-order valence-corrected chi connectivity index (χ0v) is 12.9. The average Bonchev–Trinajstić information content (AvgIpc) is 2.89. The summed E-state index contributed by atoms with van der Waals surface area (Å²) in [5.41, 5.74) is 1.07. The van der Waals surface area contributed by atoms with Gasteiger partial charge in [-0.1, -0.05) is 6.92 Å². The predicted molar refractivity (Wildman–Crippen MR) is 79.8 cm³/mol. The minimum absolute atomic E-state index is 0.0822. The first-order valence-corrected chi connectivity index (χ1v) is 8.22. The largest absolute Gasteiger partial charge is 0.340 e. The van der Waals surface area contributed by atoms with Gasteiger partial charge in [0.2, 0.25) is 11.8 Å². The van der Waals surface area contributed by atoms with E-state index in [1.807, 2.05) is 20.5 Å². The third-order valence-corrected chi connectivity index (χ3v) is 5.22. The molecule has 3 atom stereocenters. The quantitative estimate of drug-likeness (QED) is 0.838. The summed E-state index contributed by atoms with van der Waals surface area (Å²) in [6.07, 6.45) is 4.41. The van der Waals surface area contributed by atoms with E-state index in [1.54, 1.807) is 6.20 Å². The van der Waals surface area contributed by atoms with Crippen LogP contribution in [-0.2, 0) is 16.1 Å². The van der Waals surface area contributed by atoms with Crippen molar-refractivity contribution in [1.29, 1.82) is 0 Å². The Balaban J connectivity index is 1.52. The molecule has 0 bridgehead atoms. The number of carbonyl (C=O) groups is 2. The maximum absolute atomic E-state index is 12.6. The van der Waals surface area contributed by atoms with E-state index in [2.05, 4.69) is 12.0 Å². The van der Waals surface area contributed by atoms with Gasteiger partial charge >= 0.3 is 0 Å². The zero-order chi connectivity index (χ0) is 15.3. The smallest absolute Gasteiger partial charge is 0.226 e. The number of nitrogens with zero attached hydrogens (tertiary/aromatic N) is 4. The van der Waals surface area contributed by atoms with Crippen molar-refractivity contribution in [3.05, 3.63) is 18.0 Å². The van der Waals surface area contributed by atoms with Crippen molar-refractivity contribution in [1.82, 2.24) is 19.6 Å². The molecule has 2 fully saturated rings. The Hall–Kier alpha value is -1.85. The first-order chi connectivity index (χ1) is 10.6. The van der Waals surface area contributed by atoms with Crippen molar-refractivity contribution in [2.24, 2.45) is 11.8 Å². The lowest BCUT2D eigenvalue weighted by Crippen LogP contribution is -2.46. The van der Waals surface area contributed by atoms with Gasteiger partial charge in [-0.05, 0) is 24.8 Å². The van der Waals surface area contributed by atoms with Crippen LogP contribution in [0.5, 0.6) is 0 Å². The highest BCUT2D eigenvalue weighted by molar-refractivity contribution is 5.81. The van der Waals surface area contributed by atoms with E-state index in [9.17, 15) is 9.59 Å². The molecule has 0 radical (unpaired) electrons. The Labute approximate surface area is 130 Å². The highest BCUT2D eigenvalue weighted by atomic mass is 16.2. The van der Waals surface area contributed by atoms with Crippen LogP contribution in [0.1, 0.15) is 37.9 Å². The predicted octanol–water partition coefficient (Wildman–Crippen LogP) is 1.04. The normalized spacial score (nSPS) is 30.6. The molecule has 6 nitrogen and oxygen atoms in total. The van der Waals surface area contributed by atoms with Crippen molar-refractivity contribution in [3.63, 3.8) is 0 Å². The van der Waals surface area contributed by atoms with Gasteiger partial charge in [-0.2, -0.15) is 5.10 Å². The van der Waals surface area contributed by atoms with Gasteiger partial charge in [-0.25, -0.2) is 0 Å². The molecule has 3 aliphatic rings. The number of rotatable bonds is 3. The maximum atomic E-state index is 12.6. The van der Waals surface area contributed by atoms with Crippen LogP contribution in [0.3, 0.4) is 0 Å². The lowest BCUT2D eigenvalue weighted by Gasteiger charge is -2.36. The fraction of sp³-hybridized carbons (Fsp3) is 0.688. The second-order valence-electron chi connectivity index (χ2n) is 6.90. The molecule has 1 aromatic rings. The van der Waals surface area contributed by atoms with Crippen LogP contribution >= 0.6 is 0 Å². The van der Waals surface area contributed by atoms with E-state index >= 15 is 0 Å². The van der Waals surface area contributed by atoms with Crippen LogP contribution in [0, 0.1) is 11.8 Å². The average molecular weight is 302 g/mol. The topological polar surface area (TPSA) is 58.4 Å². The standard InChI is InChI=1S/C16H22N4O2/c1-11-7-14(11)16(22)19-8-12-4-5-17-20(12)13(10-19)9-18-6-2-3-15(18)21/h4-5,11,13-14H,2-3,6-10H2,1H3. The Morgan fingerprint density at radius 1 is 1.45 bits per heavy atom. The van der Waals surface area contributed by atoms with Crippen LogP contribution < -0.4 is 0 Å². The van der Waals surface area contributed by atoms with Gasteiger partial charge < -0.3 is 9.80 Å². The summed E-state index contributed by atoms with van der Waals surface area (Å²) in [4.78, 5) is 28.3. The summed E-state index contributed by atoms with van der Waals surface area (Å²) < 4.78 is 2.01. The maximum Gasteiger partial charge on any atom is 0.226 e. The number of hydrogen-bond acceptors (Lipinski definition) is 3. The van der Waals surface area contributed by atoms with Gasteiger partial charge in [0.25, 0.3) is 0 Å². The van der Waals surface area contributed by atoms with Crippen LogP contribution in [0.25, 0.3) is 0 Å². The number of carbonyl (C=O) groups excluding carboxylic acids is 2. The number of aromatic nitrogens is 2. The summed E-state index contributed by atoms with van der Waals surface area (Å²) in [5, 5.41) is 4.42. The van der Waals surface area contributed by atoms with E-state index in [0.29, 0.717) is 32.0 Å². The van der Waals surface area contributed by atoms with Gasteiger partial charge in [0.15, 0.2) is 0 Å². The van der Waals surface area contributed by atoms with E-state index < -0.39 is 0 Å². The lowest BCUT2D eigenvalue weighted by atomic mass is 10.1. The molecule has 4 rings (SSSR count). The third-order valence-electron chi connectivity index (χ3n) is 5.22. The SMILES string of the molecule is CC1CC1C(=O)N1Cc2ccnn2C(CN2CCCC2=O)C1. The van der Waals surface area contributed by atoms with Gasteiger partial charge in [0.05, 0.1) is 18.3 Å². The molecule has 3 unspecified atom stereocenters. The summed E-state index contributed by atoms with van der Waals surface area (Å²) >= 11 is 0. The van der Waals surface area contributed by atoms with Crippen LogP contribution in [0.4, 0.5) is 0 Å². The molecule has 1 saturated carbocycles. The fourth-order valence-electron chi connectivity index (χ4n) is 3.74.